The van der Waals surface area contributed by atoms with Crippen LogP contribution in [0, 0.1) is 0 Å². The molecule has 4 rings (SSSR count). The molecule has 36 heavy (non-hydrogen) atoms. The van der Waals surface area contributed by atoms with Crippen LogP contribution in [0.3, 0.4) is 0 Å². The summed E-state index contributed by atoms with van der Waals surface area (Å²) in [4.78, 5) is 17.3. The van der Waals surface area contributed by atoms with E-state index in [9.17, 15) is 4.79 Å². The highest BCUT2D eigenvalue weighted by atomic mass is 16.5. The molecule has 0 saturated heterocycles. The van der Waals surface area contributed by atoms with Crippen molar-refractivity contribution in [1.29, 1.82) is 0 Å². The Morgan fingerprint density at radius 1 is 0.889 bits per heavy atom. The molecule has 3 aromatic carbocycles. The average molecular weight is 488 g/mol. The van der Waals surface area contributed by atoms with Crippen molar-refractivity contribution < 1.29 is 19.0 Å². The molecule has 0 fully saturated rings. The van der Waals surface area contributed by atoms with Crippen molar-refractivity contribution in [2.75, 3.05) is 27.4 Å². The van der Waals surface area contributed by atoms with Crippen molar-refractivity contribution in [1.82, 2.24) is 14.9 Å². The van der Waals surface area contributed by atoms with Gasteiger partial charge in [0, 0.05) is 25.6 Å². The number of rotatable bonds is 13. The summed E-state index contributed by atoms with van der Waals surface area (Å²) < 4.78 is 18.6. The minimum absolute atomic E-state index is 0.00230. The Morgan fingerprint density at radius 3 is 2.47 bits per heavy atom. The van der Waals surface area contributed by atoms with E-state index < -0.39 is 0 Å². The summed E-state index contributed by atoms with van der Waals surface area (Å²) in [5.41, 5.74) is 3.05. The van der Waals surface area contributed by atoms with E-state index >= 15 is 0 Å². The fourth-order valence-corrected chi connectivity index (χ4v) is 4.12. The van der Waals surface area contributed by atoms with Crippen LogP contribution in [0.2, 0.25) is 0 Å². The Labute approximate surface area is 212 Å². The number of imidazole rings is 1. The lowest BCUT2D eigenvalue weighted by Crippen LogP contribution is -2.28. The number of methoxy groups -OCH3 is 2. The van der Waals surface area contributed by atoms with Crippen LogP contribution in [-0.4, -0.2) is 42.8 Å². The molecular weight excluding hydrogens is 454 g/mol. The minimum Gasteiger partial charge on any atom is -0.497 e. The third-order valence-corrected chi connectivity index (χ3v) is 6.01. The Kier molecular flexibility index (Phi) is 8.81. The maximum atomic E-state index is 12.4. The van der Waals surface area contributed by atoms with Crippen molar-refractivity contribution in [2.45, 2.75) is 32.2 Å². The van der Waals surface area contributed by atoms with E-state index in [1.165, 1.54) is 0 Å². The highest BCUT2D eigenvalue weighted by Crippen LogP contribution is 2.20. The zero-order valence-electron chi connectivity index (χ0n) is 20.9. The first-order valence-corrected chi connectivity index (χ1v) is 12.3. The van der Waals surface area contributed by atoms with Gasteiger partial charge in [0.2, 0.25) is 5.91 Å². The van der Waals surface area contributed by atoms with Crippen LogP contribution in [0.25, 0.3) is 11.0 Å². The number of ether oxygens (including phenoxy) is 3. The van der Waals surface area contributed by atoms with Gasteiger partial charge in [0.25, 0.3) is 0 Å². The number of fused-ring (bicyclic) bond motifs is 1. The summed E-state index contributed by atoms with van der Waals surface area (Å²) in [7, 11) is 3.28. The quantitative estimate of drug-likeness (QED) is 0.274. The molecule has 7 heteroatoms. The van der Waals surface area contributed by atoms with E-state index in [-0.39, 0.29) is 5.91 Å². The first-order chi connectivity index (χ1) is 17.7. The number of aromatic nitrogens is 2. The van der Waals surface area contributed by atoms with Gasteiger partial charge in [-0.1, -0.05) is 30.3 Å². The highest BCUT2D eigenvalue weighted by Gasteiger charge is 2.11. The van der Waals surface area contributed by atoms with Gasteiger partial charge in [-0.25, -0.2) is 4.98 Å². The second-order valence-corrected chi connectivity index (χ2v) is 8.53. The first-order valence-electron chi connectivity index (χ1n) is 12.3. The largest absolute Gasteiger partial charge is 0.497 e. The van der Waals surface area contributed by atoms with Crippen molar-refractivity contribution >= 4 is 16.9 Å². The molecule has 7 nitrogen and oxygen atoms in total. The standard InChI is InChI=1S/C29H33N3O4/c1-34-23-14-12-22(13-15-23)20-29(33)30-17-16-28-31-26-10-3-4-11-27(26)32(28)18-5-6-19-36-25-9-7-8-24(21-25)35-2/h3-4,7-15,21H,5-6,16-20H2,1-2H3,(H,30,33). The van der Waals surface area contributed by atoms with E-state index in [0.717, 1.165) is 59.1 Å². The molecule has 1 amide bonds. The predicted molar refractivity (Wildman–Crippen MR) is 141 cm³/mol. The monoisotopic (exact) mass is 487 g/mol. The number of nitrogens with zero attached hydrogens (tertiary/aromatic N) is 2. The molecule has 0 spiro atoms. The zero-order valence-corrected chi connectivity index (χ0v) is 20.9. The smallest absolute Gasteiger partial charge is 0.224 e. The number of hydrogen-bond acceptors (Lipinski definition) is 5. The second kappa shape index (κ2) is 12.6. The third-order valence-electron chi connectivity index (χ3n) is 6.01. The van der Waals surface area contributed by atoms with Gasteiger partial charge < -0.3 is 24.1 Å². The summed E-state index contributed by atoms with van der Waals surface area (Å²) in [5.74, 6) is 3.36. The molecule has 4 aromatic rings. The number of amides is 1. The SMILES string of the molecule is COc1ccc(CC(=O)NCCc2nc3ccccc3n2CCCCOc2cccc(OC)c2)cc1. The van der Waals surface area contributed by atoms with Crippen LogP contribution in [0.15, 0.2) is 72.8 Å². The molecule has 0 radical (unpaired) electrons. The maximum Gasteiger partial charge on any atom is 0.224 e. The predicted octanol–water partition coefficient (Wildman–Crippen LogP) is 4.81. The number of carbonyl (C=O) groups excluding carboxylic acids is 1. The van der Waals surface area contributed by atoms with Gasteiger partial charge in [-0.15, -0.1) is 0 Å². The fraction of sp³-hybridized carbons (Fsp3) is 0.310. The number of unbranched alkanes of at least 4 members (excludes halogenated alkanes) is 1. The van der Waals surface area contributed by atoms with Gasteiger partial charge in [0.15, 0.2) is 0 Å². The lowest BCUT2D eigenvalue weighted by atomic mass is 10.1. The number of benzene rings is 3. The van der Waals surface area contributed by atoms with Crippen molar-refractivity contribution in [3.8, 4) is 17.2 Å². The molecule has 0 atom stereocenters. The number of nitrogens with one attached hydrogen (secondary N) is 1. The summed E-state index contributed by atoms with van der Waals surface area (Å²) in [6.45, 7) is 2.02. The number of hydrogen-bond donors (Lipinski definition) is 1. The van der Waals surface area contributed by atoms with Gasteiger partial charge in [-0.2, -0.15) is 0 Å². The highest BCUT2D eigenvalue weighted by molar-refractivity contribution is 5.78. The normalized spacial score (nSPS) is 10.8. The topological polar surface area (TPSA) is 74.6 Å². The van der Waals surface area contributed by atoms with Crippen molar-refractivity contribution in [3.05, 3.63) is 84.2 Å². The third kappa shape index (κ3) is 6.78. The summed E-state index contributed by atoms with van der Waals surface area (Å²) in [6, 6.07) is 23.4. The average Bonchev–Trinajstić information content (AvgIpc) is 3.26. The first kappa shape index (κ1) is 25.1. The molecule has 0 bridgehead atoms. The van der Waals surface area contributed by atoms with Crippen LogP contribution in [-0.2, 0) is 24.2 Å². The van der Waals surface area contributed by atoms with Crippen LogP contribution in [0.1, 0.15) is 24.2 Å². The van der Waals surface area contributed by atoms with Crippen molar-refractivity contribution in [2.24, 2.45) is 0 Å². The fourth-order valence-electron chi connectivity index (χ4n) is 4.12. The lowest BCUT2D eigenvalue weighted by Gasteiger charge is -2.11. The molecule has 1 aromatic heterocycles. The molecule has 1 heterocycles. The molecule has 0 aliphatic rings. The second-order valence-electron chi connectivity index (χ2n) is 8.53. The zero-order chi connectivity index (χ0) is 25.2. The Hall–Kier alpha value is -4.00. The van der Waals surface area contributed by atoms with E-state index in [4.69, 9.17) is 19.2 Å². The summed E-state index contributed by atoms with van der Waals surface area (Å²) in [5, 5.41) is 3.03. The van der Waals surface area contributed by atoms with Crippen LogP contribution >= 0.6 is 0 Å². The van der Waals surface area contributed by atoms with Crippen LogP contribution in [0.4, 0.5) is 0 Å². The van der Waals surface area contributed by atoms with Gasteiger partial charge in [-0.05, 0) is 54.8 Å². The number of aryl methyl sites for hydroxylation is 1. The molecule has 0 aliphatic heterocycles. The van der Waals surface area contributed by atoms with E-state index in [0.29, 0.717) is 26.0 Å². The maximum absolute atomic E-state index is 12.4. The molecule has 0 saturated carbocycles. The Balaban J connectivity index is 1.28. The van der Waals surface area contributed by atoms with E-state index in [1.807, 2.05) is 66.7 Å². The molecule has 188 valence electrons. The Bertz CT molecular complexity index is 1270. The minimum atomic E-state index is -0.00230. The molecule has 0 unspecified atom stereocenters. The Morgan fingerprint density at radius 2 is 1.67 bits per heavy atom. The lowest BCUT2D eigenvalue weighted by molar-refractivity contribution is -0.120. The molecular formula is C29H33N3O4. The van der Waals surface area contributed by atoms with E-state index in [1.54, 1.807) is 14.2 Å². The van der Waals surface area contributed by atoms with Gasteiger partial charge >= 0.3 is 0 Å². The van der Waals surface area contributed by atoms with Crippen molar-refractivity contribution in [3.63, 3.8) is 0 Å². The van der Waals surface area contributed by atoms with Crippen LogP contribution in [0.5, 0.6) is 17.2 Å². The van der Waals surface area contributed by atoms with E-state index in [2.05, 4.69) is 16.0 Å². The van der Waals surface area contributed by atoms with Gasteiger partial charge in [0.1, 0.15) is 23.1 Å². The van der Waals surface area contributed by atoms with Gasteiger partial charge in [-0.3, -0.25) is 4.79 Å². The summed E-state index contributed by atoms with van der Waals surface area (Å²) >= 11 is 0. The number of carbonyl (C=O) groups is 1. The number of para-hydroxylation sites is 2. The molecule has 1 N–H and O–H groups in total. The van der Waals surface area contributed by atoms with Crippen LogP contribution < -0.4 is 19.5 Å². The summed E-state index contributed by atoms with van der Waals surface area (Å²) in [6.07, 6.45) is 2.89. The molecule has 0 aliphatic carbocycles. The van der Waals surface area contributed by atoms with Gasteiger partial charge in [0.05, 0.1) is 38.3 Å².